The lowest BCUT2D eigenvalue weighted by atomic mass is 9.94. The Morgan fingerprint density at radius 1 is 1.00 bits per heavy atom. The highest BCUT2D eigenvalue weighted by molar-refractivity contribution is 6.47. The number of halogens is 2. The molecule has 1 heterocycles. The molecule has 0 aromatic heterocycles. The van der Waals surface area contributed by atoms with E-state index in [9.17, 15) is 14.7 Å². The summed E-state index contributed by atoms with van der Waals surface area (Å²) in [4.78, 5) is 27.7. The minimum absolute atomic E-state index is 0.0670. The van der Waals surface area contributed by atoms with Crippen LogP contribution in [0, 0.1) is 0 Å². The number of hydrogen-bond donors (Lipinski definition) is 1. The number of amides is 1. The van der Waals surface area contributed by atoms with E-state index in [1.54, 1.807) is 12.1 Å². The maximum Gasteiger partial charge on any atom is 0.295 e. The Morgan fingerprint density at radius 3 is 2.14 bits per heavy atom. The van der Waals surface area contributed by atoms with Gasteiger partial charge in [-0.2, -0.15) is 0 Å². The number of benzene rings is 2. The molecule has 0 radical (unpaired) electrons. The molecule has 0 spiro atoms. The second kappa shape index (κ2) is 11.2. The van der Waals surface area contributed by atoms with E-state index in [1.165, 1.54) is 44.4 Å². The molecule has 1 saturated heterocycles. The lowest BCUT2D eigenvalue weighted by Gasteiger charge is -2.27. The Hall–Kier alpha value is -2.94. The summed E-state index contributed by atoms with van der Waals surface area (Å²) < 4.78 is 21.9. The van der Waals surface area contributed by atoms with E-state index in [2.05, 4.69) is 0 Å². The molecule has 1 N–H and O–H groups in total. The molecule has 8 nitrogen and oxygen atoms in total. The van der Waals surface area contributed by atoms with Crippen LogP contribution in [0.15, 0.2) is 35.9 Å². The first-order chi connectivity index (χ1) is 16.6. The van der Waals surface area contributed by atoms with E-state index < -0.39 is 17.7 Å². The summed E-state index contributed by atoms with van der Waals surface area (Å²) in [6.45, 7) is 4.05. The molecule has 10 heteroatoms. The van der Waals surface area contributed by atoms with Gasteiger partial charge in [0.05, 0.1) is 55.7 Å². The van der Waals surface area contributed by atoms with E-state index in [0.717, 1.165) is 0 Å². The van der Waals surface area contributed by atoms with Gasteiger partial charge < -0.3 is 29.0 Å². The fourth-order valence-corrected chi connectivity index (χ4v) is 4.20. The average molecular weight is 524 g/mol. The highest BCUT2D eigenvalue weighted by Gasteiger charge is 2.46. The molecule has 35 heavy (non-hydrogen) atoms. The number of rotatable bonds is 9. The van der Waals surface area contributed by atoms with Crippen molar-refractivity contribution in [1.82, 2.24) is 4.90 Å². The zero-order valence-corrected chi connectivity index (χ0v) is 21.6. The van der Waals surface area contributed by atoms with Crippen molar-refractivity contribution in [2.24, 2.45) is 0 Å². The van der Waals surface area contributed by atoms with Crippen LogP contribution in [-0.4, -0.2) is 62.3 Å². The van der Waals surface area contributed by atoms with Gasteiger partial charge in [0.2, 0.25) is 5.75 Å². The SMILES string of the molecule is COc1cc(C2/C(=C(\O)c3ccc(Cl)c(Cl)c3)C(=O)C(=O)N2CCOC(C)C)cc(OC)c1OC. The summed E-state index contributed by atoms with van der Waals surface area (Å²) in [6.07, 6.45) is -0.0670. The zero-order chi connectivity index (χ0) is 25.9. The van der Waals surface area contributed by atoms with E-state index in [0.29, 0.717) is 22.8 Å². The fourth-order valence-electron chi connectivity index (χ4n) is 3.90. The molecule has 2 aromatic carbocycles. The van der Waals surface area contributed by atoms with Crippen LogP contribution in [0.1, 0.15) is 31.0 Å². The van der Waals surface area contributed by atoms with Gasteiger partial charge in [-0.25, -0.2) is 0 Å². The Morgan fingerprint density at radius 2 is 1.63 bits per heavy atom. The number of nitrogens with zero attached hydrogens (tertiary/aromatic N) is 1. The predicted octanol–water partition coefficient (Wildman–Crippen LogP) is 4.87. The number of methoxy groups -OCH3 is 3. The van der Waals surface area contributed by atoms with Crippen LogP contribution in [0.3, 0.4) is 0 Å². The number of Topliss-reactive ketones (excluding diaryl/α,β-unsaturated/α-hetero) is 1. The molecule has 3 rings (SSSR count). The van der Waals surface area contributed by atoms with Crippen LogP contribution >= 0.6 is 23.2 Å². The molecule has 188 valence electrons. The van der Waals surface area contributed by atoms with Crippen LogP contribution in [0.5, 0.6) is 17.2 Å². The summed E-state index contributed by atoms with van der Waals surface area (Å²) in [6, 6.07) is 6.77. The monoisotopic (exact) mass is 523 g/mol. The number of aliphatic hydroxyl groups excluding tert-OH is 1. The maximum atomic E-state index is 13.2. The van der Waals surface area contributed by atoms with Gasteiger partial charge in [0, 0.05) is 12.1 Å². The highest BCUT2D eigenvalue weighted by atomic mass is 35.5. The lowest BCUT2D eigenvalue weighted by Crippen LogP contribution is -2.33. The van der Waals surface area contributed by atoms with Crippen LogP contribution in [0.2, 0.25) is 10.0 Å². The second-order valence-electron chi connectivity index (χ2n) is 8.00. The molecule has 0 aliphatic carbocycles. The van der Waals surface area contributed by atoms with Crippen molar-refractivity contribution >= 4 is 40.7 Å². The molecule has 0 saturated carbocycles. The maximum absolute atomic E-state index is 13.2. The zero-order valence-electron chi connectivity index (χ0n) is 20.1. The summed E-state index contributed by atoms with van der Waals surface area (Å²) in [7, 11) is 4.40. The quantitative estimate of drug-likeness (QED) is 0.284. The Balaban J connectivity index is 2.23. The van der Waals surface area contributed by atoms with E-state index >= 15 is 0 Å². The minimum Gasteiger partial charge on any atom is -0.507 e. The first-order valence-corrected chi connectivity index (χ1v) is 11.6. The largest absolute Gasteiger partial charge is 0.507 e. The number of ketones is 1. The molecular formula is C25H27Cl2NO7. The highest BCUT2D eigenvalue weighted by Crippen LogP contribution is 2.45. The van der Waals surface area contributed by atoms with Gasteiger partial charge in [-0.3, -0.25) is 9.59 Å². The van der Waals surface area contributed by atoms with Crippen molar-refractivity contribution in [2.75, 3.05) is 34.5 Å². The van der Waals surface area contributed by atoms with Crippen LogP contribution in [0.4, 0.5) is 0 Å². The number of aliphatic hydroxyl groups is 1. The summed E-state index contributed by atoms with van der Waals surface area (Å²) in [5.74, 6) is -0.966. The Kier molecular flexibility index (Phi) is 8.53. The lowest BCUT2D eigenvalue weighted by molar-refractivity contribution is -0.140. The molecule has 1 amide bonds. The van der Waals surface area contributed by atoms with Gasteiger partial charge in [0.25, 0.3) is 11.7 Å². The van der Waals surface area contributed by atoms with Crippen LogP contribution < -0.4 is 14.2 Å². The molecule has 1 atom stereocenters. The Bertz CT molecular complexity index is 1140. The third-order valence-electron chi connectivity index (χ3n) is 5.52. The second-order valence-corrected chi connectivity index (χ2v) is 8.81. The summed E-state index contributed by atoms with van der Waals surface area (Å²) >= 11 is 12.1. The van der Waals surface area contributed by atoms with E-state index in [-0.39, 0.29) is 46.2 Å². The topological polar surface area (TPSA) is 94.5 Å². The number of carbonyl (C=O) groups is 2. The van der Waals surface area contributed by atoms with Crippen molar-refractivity contribution in [1.29, 1.82) is 0 Å². The Labute approximate surface area is 213 Å². The van der Waals surface area contributed by atoms with Gasteiger partial charge in [-0.15, -0.1) is 0 Å². The molecule has 1 aliphatic rings. The van der Waals surface area contributed by atoms with Gasteiger partial charge in [-0.05, 0) is 49.7 Å². The molecule has 2 aromatic rings. The minimum atomic E-state index is -0.950. The predicted molar refractivity (Wildman–Crippen MR) is 133 cm³/mol. The normalized spacial score (nSPS) is 17.3. The van der Waals surface area contributed by atoms with Crippen LogP contribution in [-0.2, 0) is 14.3 Å². The first kappa shape index (κ1) is 26.7. The van der Waals surface area contributed by atoms with Crippen molar-refractivity contribution in [3.05, 3.63) is 57.1 Å². The summed E-state index contributed by atoms with van der Waals surface area (Å²) in [5, 5.41) is 11.7. The number of carbonyl (C=O) groups excluding carboxylic acids is 2. The third kappa shape index (κ3) is 5.34. The number of likely N-dealkylation sites (tertiary alicyclic amines) is 1. The van der Waals surface area contributed by atoms with Crippen molar-refractivity contribution in [3.63, 3.8) is 0 Å². The molecule has 1 aliphatic heterocycles. The summed E-state index contributed by atoms with van der Waals surface area (Å²) in [5.41, 5.74) is 0.616. The van der Waals surface area contributed by atoms with E-state index in [1.807, 2.05) is 13.8 Å². The smallest absolute Gasteiger partial charge is 0.295 e. The van der Waals surface area contributed by atoms with Crippen molar-refractivity contribution in [2.45, 2.75) is 26.0 Å². The molecule has 1 fully saturated rings. The third-order valence-corrected chi connectivity index (χ3v) is 6.26. The van der Waals surface area contributed by atoms with Gasteiger partial charge in [-0.1, -0.05) is 23.2 Å². The fraction of sp³-hybridized carbons (Fsp3) is 0.360. The molecule has 0 bridgehead atoms. The van der Waals surface area contributed by atoms with Gasteiger partial charge in [0.15, 0.2) is 11.5 Å². The standard InChI is InChI=1S/C25H27Cl2NO7/c1-13(2)35-9-8-28-21(15-11-18(32-3)24(34-5)19(12-15)33-4)20(23(30)25(28)31)22(29)14-6-7-16(26)17(27)10-14/h6-7,10-13,21,29H,8-9H2,1-5H3/b22-20+. The molecule has 1 unspecified atom stereocenters. The van der Waals surface area contributed by atoms with Crippen molar-refractivity contribution < 1.29 is 33.6 Å². The molecular weight excluding hydrogens is 497 g/mol. The van der Waals surface area contributed by atoms with Gasteiger partial charge >= 0.3 is 0 Å². The van der Waals surface area contributed by atoms with Crippen molar-refractivity contribution in [3.8, 4) is 17.2 Å². The first-order valence-electron chi connectivity index (χ1n) is 10.8. The number of ether oxygens (including phenoxy) is 4. The number of hydrogen-bond acceptors (Lipinski definition) is 7. The van der Waals surface area contributed by atoms with Gasteiger partial charge in [0.1, 0.15) is 5.76 Å². The van der Waals surface area contributed by atoms with E-state index in [4.69, 9.17) is 42.1 Å². The average Bonchev–Trinajstić information content (AvgIpc) is 3.09. The van der Waals surface area contributed by atoms with Crippen LogP contribution in [0.25, 0.3) is 5.76 Å².